The highest BCUT2D eigenvalue weighted by Crippen LogP contribution is 2.22. The van der Waals surface area contributed by atoms with Crippen LogP contribution in [-0.2, 0) is 0 Å². The number of rotatable bonds is 2. The minimum atomic E-state index is -4.94. The van der Waals surface area contributed by atoms with E-state index in [1.54, 1.807) is 12.1 Å². The summed E-state index contributed by atoms with van der Waals surface area (Å²) in [6.07, 6.45) is 0. The van der Waals surface area contributed by atoms with Crippen LogP contribution in [0.3, 0.4) is 0 Å². The van der Waals surface area contributed by atoms with Crippen molar-refractivity contribution in [1.82, 2.24) is 4.48 Å². The Morgan fingerprint density at radius 3 is 1.89 bits per heavy atom. The van der Waals surface area contributed by atoms with Crippen molar-refractivity contribution in [3.63, 3.8) is 0 Å². The second kappa shape index (κ2) is 6.05. The van der Waals surface area contributed by atoms with Crippen LogP contribution in [0.1, 0.15) is 0 Å². The lowest BCUT2D eigenvalue weighted by molar-refractivity contribution is -2.00. The molecule has 0 aliphatic rings. The topological polar surface area (TPSA) is 135 Å². The van der Waals surface area contributed by atoms with Crippen LogP contribution in [0.5, 0.6) is 0 Å². The Labute approximate surface area is 106 Å². The largest absolute Gasteiger partial charge is 0.298 e. The minimum Gasteiger partial charge on any atom is -0.298 e. The molecule has 1 aromatic carbocycles. The summed E-state index contributed by atoms with van der Waals surface area (Å²) in [6, 6.07) is 6.68. The quantitative estimate of drug-likeness (QED) is 0.322. The number of nitrogens with zero attached hydrogens (tertiary/aromatic N) is 2. The van der Waals surface area contributed by atoms with Gasteiger partial charge in [-0.3, -0.25) is 14.6 Å². The molecule has 0 unspecified atom stereocenters. The number of halogens is 1. The van der Waals surface area contributed by atoms with Crippen molar-refractivity contribution in [1.29, 1.82) is 0 Å². The van der Waals surface area contributed by atoms with Crippen molar-refractivity contribution in [2.45, 2.75) is 0 Å². The molecule has 0 atom stereocenters. The zero-order valence-corrected chi connectivity index (χ0v) is 10.8. The Kier molecular flexibility index (Phi) is 5.61. The molecule has 1 rings (SSSR count). The van der Waals surface area contributed by atoms with Crippen LogP contribution in [0.25, 0.3) is 0 Å². The van der Waals surface area contributed by atoms with E-state index in [2.05, 4.69) is 0 Å². The molecule has 0 heterocycles. The van der Waals surface area contributed by atoms with Crippen LogP contribution in [0.2, 0.25) is 0 Å². The maximum Gasteiger partial charge on any atom is 0.275 e. The highest BCUT2D eigenvalue weighted by Gasteiger charge is 2.15. The fourth-order valence-electron chi connectivity index (χ4n) is 1.02. The Morgan fingerprint density at radius 2 is 1.56 bits per heavy atom. The van der Waals surface area contributed by atoms with Gasteiger partial charge in [0.05, 0.1) is 32.1 Å². The Bertz CT molecular complexity index is 406. The molecule has 0 aromatic heterocycles. The van der Waals surface area contributed by atoms with E-state index in [0.717, 1.165) is 5.69 Å². The minimum absolute atomic E-state index is 0.144. The molecule has 102 valence electrons. The molecule has 0 N–H and O–H groups in total. The predicted molar refractivity (Wildman–Crippen MR) is 52.7 cm³/mol. The molecule has 0 aliphatic carbocycles. The lowest BCUT2D eigenvalue weighted by atomic mass is 10.2. The number of nitro groups is 1. The Balaban J connectivity index is 0.000000494. The summed E-state index contributed by atoms with van der Waals surface area (Å²) < 4.78 is 34.6. The lowest BCUT2D eigenvalue weighted by Gasteiger charge is -2.22. The molecule has 9 heteroatoms. The number of benzene rings is 1. The standard InChI is InChI=1S/C9H13N2O2.ClHO4/c1-11(2,3)9-6-4-5-8(7-9)10(12)13;2-1(3,4)5/h4-7H,1-3H3;(H,2,3,4,5)/q+1;/p-1. The van der Waals surface area contributed by atoms with E-state index in [9.17, 15) is 10.1 Å². The monoisotopic (exact) mass is 280 g/mol. The predicted octanol–water partition coefficient (Wildman–Crippen LogP) is -2.96. The number of nitro benzene ring substituents is 1. The Hall–Kier alpha value is -1.29. The molecule has 0 saturated carbocycles. The van der Waals surface area contributed by atoms with Crippen LogP contribution in [0, 0.1) is 20.4 Å². The average Bonchev–Trinajstić information content (AvgIpc) is 2.14. The van der Waals surface area contributed by atoms with Gasteiger partial charge in [-0.15, -0.1) is 10.2 Å². The van der Waals surface area contributed by atoms with Crippen LogP contribution >= 0.6 is 0 Å². The third-order valence-corrected chi connectivity index (χ3v) is 1.82. The average molecular weight is 281 g/mol. The molecule has 0 spiro atoms. The van der Waals surface area contributed by atoms with Gasteiger partial charge < -0.3 is 0 Å². The van der Waals surface area contributed by atoms with Crippen molar-refractivity contribution in [3.8, 4) is 0 Å². The smallest absolute Gasteiger partial charge is 0.275 e. The van der Waals surface area contributed by atoms with Gasteiger partial charge in [0.25, 0.3) is 5.69 Å². The van der Waals surface area contributed by atoms with Crippen molar-refractivity contribution in [2.75, 3.05) is 21.1 Å². The molecular weight excluding hydrogens is 268 g/mol. The summed E-state index contributed by atoms with van der Waals surface area (Å²) in [6.45, 7) is 0. The first-order valence-electron chi connectivity index (χ1n) is 4.59. The van der Waals surface area contributed by atoms with Gasteiger partial charge in [-0.1, -0.05) is 0 Å². The van der Waals surface area contributed by atoms with E-state index in [1.165, 1.54) is 6.07 Å². The molecule has 0 aliphatic heterocycles. The number of quaternary nitrogens is 1. The zero-order valence-electron chi connectivity index (χ0n) is 10.0. The second-order valence-electron chi connectivity index (χ2n) is 4.17. The molecule has 0 fully saturated rings. The SMILES string of the molecule is C[N+](C)(C)c1cccc([N+](=O)[O-])c1.[O-][Cl+3]([O-])([O-])[O-]. The van der Waals surface area contributed by atoms with Crippen molar-refractivity contribution < 1.29 is 33.8 Å². The molecule has 0 amide bonds. The third-order valence-electron chi connectivity index (χ3n) is 1.82. The summed E-state index contributed by atoms with van der Waals surface area (Å²) >= 11 is 0. The van der Waals surface area contributed by atoms with E-state index in [1.807, 2.05) is 27.2 Å². The van der Waals surface area contributed by atoms with Crippen LogP contribution in [0.15, 0.2) is 24.3 Å². The first kappa shape index (κ1) is 16.7. The van der Waals surface area contributed by atoms with Gasteiger partial charge in [-0.05, 0) is 12.1 Å². The third kappa shape index (κ3) is 7.90. The zero-order chi connectivity index (χ0) is 14.6. The molecule has 8 nitrogen and oxygen atoms in total. The highest BCUT2D eigenvalue weighted by atomic mass is 35.7. The second-order valence-corrected chi connectivity index (χ2v) is 4.92. The van der Waals surface area contributed by atoms with Crippen LogP contribution in [-0.4, -0.2) is 26.1 Å². The van der Waals surface area contributed by atoms with E-state index < -0.39 is 10.2 Å². The van der Waals surface area contributed by atoms with E-state index >= 15 is 0 Å². The first-order valence-corrected chi connectivity index (χ1v) is 5.83. The number of hydrogen-bond acceptors (Lipinski definition) is 6. The molecule has 0 radical (unpaired) electrons. The maximum absolute atomic E-state index is 10.5. The molecule has 0 bridgehead atoms. The van der Waals surface area contributed by atoms with Crippen molar-refractivity contribution in [3.05, 3.63) is 34.4 Å². The van der Waals surface area contributed by atoms with Crippen molar-refractivity contribution in [2.24, 2.45) is 0 Å². The van der Waals surface area contributed by atoms with Gasteiger partial charge in [-0.2, -0.15) is 0 Å². The molecule has 0 saturated heterocycles. The van der Waals surface area contributed by atoms with E-state index in [0.29, 0.717) is 4.48 Å². The highest BCUT2D eigenvalue weighted by molar-refractivity contribution is 5.49. The van der Waals surface area contributed by atoms with Gasteiger partial charge in [0.15, 0.2) is 0 Å². The van der Waals surface area contributed by atoms with E-state index in [4.69, 9.17) is 18.6 Å². The lowest BCUT2D eigenvalue weighted by Crippen LogP contribution is -2.68. The van der Waals surface area contributed by atoms with E-state index in [-0.39, 0.29) is 10.6 Å². The van der Waals surface area contributed by atoms with Gasteiger partial charge >= 0.3 is 0 Å². The van der Waals surface area contributed by atoms with Gasteiger partial charge in [0.1, 0.15) is 5.69 Å². The number of hydrogen-bond donors (Lipinski definition) is 0. The first-order chi connectivity index (χ1) is 7.91. The van der Waals surface area contributed by atoms with Gasteiger partial charge in [0.2, 0.25) is 0 Å². The van der Waals surface area contributed by atoms with Gasteiger partial charge in [0, 0.05) is 6.07 Å². The van der Waals surface area contributed by atoms with Crippen LogP contribution in [0.4, 0.5) is 11.4 Å². The summed E-state index contributed by atoms with van der Waals surface area (Å²) in [7, 11) is 0.969. The fraction of sp³-hybridized carbons (Fsp3) is 0.333. The fourth-order valence-corrected chi connectivity index (χ4v) is 1.02. The molecule has 18 heavy (non-hydrogen) atoms. The Morgan fingerprint density at radius 1 is 1.11 bits per heavy atom. The maximum atomic E-state index is 10.5. The summed E-state index contributed by atoms with van der Waals surface area (Å²) in [5.41, 5.74) is 1.07. The van der Waals surface area contributed by atoms with Gasteiger partial charge in [-0.25, -0.2) is 18.6 Å². The molecule has 1 aromatic rings. The van der Waals surface area contributed by atoms with Crippen LogP contribution < -0.4 is 23.1 Å². The summed E-state index contributed by atoms with van der Waals surface area (Å²) in [5.74, 6) is 0. The normalized spacial score (nSPS) is 11.5. The number of non-ortho nitro benzene ring substituents is 1. The molecular formula is C9H13ClN2O6. The summed E-state index contributed by atoms with van der Waals surface area (Å²) in [5, 5.41) is 10.5. The summed E-state index contributed by atoms with van der Waals surface area (Å²) in [4.78, 5) is 10.1. The van der Waals surface area contributed by atoms with Crippen molar-refractivity contribution >= 4 is 11.4 Å².